The van der Waals surface area contributed by atoms with Gasteiger partial charge in [-0.3, -0.25) is 14.4 Å². The summed E-state index contributed by atoms with van der Waals surface area (Å²) in [5, 5.41) is 6.97. The maximum atomic E-state index is 14.1. The lowest BCUT2D eigenvalue weighted by Crippen LogP contribution is -2.32. The lowest BCUT2D eigenvalue weighted by molar-refractivity contribution is -0.142. The molecule has 3 atom stereocenters. The molecule has 0 saturated carbocycles. The summed E-state index contributed by atoms with van der Waals surface area (Å²) in [5.41, 5.74) is 9.83. The summed E-state index contributed by atoms with van der Waals surface area (Å²) >= 11 is 0. The van der Waals surface area contributed by atoms with Crippen molar-refractivity contribution >= 4 is 47.6 Å². The average molecular weight is 609 g/mol. The van der Waals surface area contributed by atoms with Crippen LogP contribution >= 0.6 is 0 Å². The molecule has 3 aromatic heterocycles. The van der Waals surface area contributed by atoms with Gasteiger partial charge in [-0.1, -0.05) is 26.5 Å². The fraction of sp³-hybridized carbons (Fsp3) is 0.361. The predicted molar refractivity (Wildman–Crippen MR) is 174 cm³/mol. The molecule has 234 valence electrons. The van der Waals surface area contributed by atoms with Crippen LogP contribution in [0.25, 0.3) is 29.9 Å². The molecule has 8 bridgehead atoms. The monoisotopic (exact) mass is 608 g/mol. The molecule has 0 saturated heterocycles. The van der Waals surface area contributed by atoms with Gasteiger partial charge in [-0.15, -0.1) is 0 Å². The third-order valence-electron chi connectivity index (χ3n) is 9.91. The van der Waals surface area contributed by atoms with Crippen LogP contribution in [0, 0.1) is 32.6 Å². The Labute approximate surface area is 261 Å². The van der Waals surface area contributed by atoms with Crippen LogP contribution in [0.3, 0.4) is 0 Å². The van der Waals surface area contributed by atoms with Crippen molar-refractivity contribution in [2.75, 3.05) is 14.2 Å². The van der Waals surface area contributed by atoms with Crippen molar-refractivity contribution in [1.29, 1.82) is 0 Å². The molecule has 1 unspecified atom stereocenters. The quantitative estimate of drug-likeness (QED) is 0.251. The first-order valence-electron chi connectivity index (χ1n) is 15.4. The van der Waals surface area contributed by atoms with Crippen LogP contribution in [0.2, 0.25) is 0 Å². The zero-order valence-corrected chi connectivity index (χ0v) is 26.9. The Hall–Kier alpha value is -4.79. The summed E-state index contributed by atoms with van der Waals surface area (Å²) in [6.45, 7) is 14.4. The van der Waals surface area contributed by atoms with Crippen LogP contribution in [0.1, 0.15) is 76.3 Å². The Bertz CT molecular complexity index is 2080. The van der Waals surface area contributed by atoms with Gasteiger partial charge < -0.3 is 29.7 Å². The second kappa shape index (κ2) is 11.3. The number of methoxy groups -OCH3 is 2. The Kier molecular flexibility index (Phi) is 7.59. The van der Waals surface area contributed by atoms with Crippen molar-refractivity contribution < 1.29 is 23.9 Å². The van der Waals surface area contributed by atoms with Crippen LogP contribution in [-0.2, 0) is 25.5 Å². The number of carbonyl (C=O) groups is 3. The number of hydrogen-bond donors (Lipinski definition) is 4. The summed E-state index contributed by atoms with van der Waals surface area (Å²) in [7, 11) is 2.68. The first-order chi connectivity index (χ1) is 21.5. The summed E-state index contributed by atoms with van der Waals surface area (Å²) in [6.07, 6.45) is 9.60. The molecule has 0 amide bonds. The van der Waals surface area contributed by atoms with E-state index < -0.39 is 11.9 Å². The number of Topliss-reactive ketones (excluding diaryl/α,β-unsaturated/α-hetero) is 1. The lowest BCUT2D eigenvalue weighted by atomic mass is 9.88. The first-order valence-corrected chi connectivity index (χ1v) is 15.4. The number of ketones is 1. The van der Waals surface area contributed by atoms with Gasteiger partial charge in [0.1, 0.15) is 5.92 Å². The van der Waals surface area contributed by atoms with E-state index in [9.17, 15) is 14.4 Å². The van der Waals surface area contributed by atoms with Gasteiger partial charge in [0.15, 0.2) is 5.78 Å². The van der Waals surface area contributed by atoms with Gasteiger partial charge in [-0.25, -0.2) is 0 Å². The van der Waals surface area contributed by atoms with Crippen LogP contribution in [0.5, 0.6) is 0 Å². The first kappa shape index (κ1) is 30.2. The molecular weight excluding hydrogens is 568 g/mol. The molecule has 1 aliphatic carbocycles. The molecule has 3 aliphatic rings. The number of fused-ring (bicyclic) bond motifs is 8. The summed E-state index contributed by atoms with van der Waals surface area (Å²) in [4.78, 5) is 50.5. The van der Waals surface area contributed by atoms with Gasteiger partial charge in [-0.05, 0) is 79.7 Å². The minimum absolute atomic E-state index is 0.0606. The van der Waals surface area contributed by atoms with Gasteiger partial charge in [-0.2, -0.15) is 0 Å². The number of ether oxygens (including phenoxy) is 2. The molecule has 4 N–H and O–H groups in total. The number of hydrogen-bond acceptors (Lipinski definition) is 6. The zero-order chi connectivity index (χ0) is 32.3. The van der Waals surface area contributed by atoms with Crippen molar-refractivity contribution in [2.24, 2.45) is 11.8 Å². The number of esters is 2. The summed E-state index contributed by atoms with van der Waals surface area (Å²) in [6, 6.07) is -0.194. The van der Waals surface area contributed by atoms with E-state index in [1.165, 1.54) is 19.8 Å². The van der Waals surface area contributed by atoms with E-state index in [0.29, 0.717) is 28.6 Å². The van der Waals surface area contributed by atoms with Crippen molar-refractivity contribution in [3.05, 3.63) is 84.0 Å². The molecular formula is C36H40N4O5. The van der Waals surface area contributed by atoms with E-state index in [1.807, 2.05) is 19.1 Å². The van der Waals surface area contributed by atoms with Crippen LogP contribution in [0.4, 0.5) is 0 Å². The van der Waals surface area contributed by atoms with Crippen molar-refractivity contribution in [3.63, 3.8) is 0 Å². The maximum Gasteiger partial charge on any atom is 0.321 e. The normalized spacial score (nSPS) is 22.2. The molecule has 9 heteroatoms. The molecule has 0 radical (unpaired) electrons. The number of carbonyl (C=O) groups excluding carboxylic acids is 3. The zero-order valence-electron chi connectivity index (χ0n) is 26.9. The average Bonchev–Trinajstić information content (AvgIpc) is 3.76. The lowest BCUT2D eigenvalue weighted by Gasteiger charge is -2.17. The number of rotatable bonds is 6. The second-order valence-corrected chi connectivity index (χ2v) is 12.1. The molecule has 5 heterocycles. The number of aromatic amines is 3. The van der Waals surface area contributed by atoms with Gasteiger partial charge in [0.2, 0.25) is 0 Å². The summed E-state index contributed by atoms with van der Waals surface area (Å²) < 4.78 is 10.2. The summed E-state index contributed by atoms with van der Waals surface area (Å²) in [5.74, 6) is -2.43. The van der Waals surface area contributed by atoms with E-state index in [4.69, 9.17) is 9.47 Å². The Balaban J connectivity index is 1.74. The Morgan fingerprint density at radius 1 is 0.956 bits per heavy atom. The Morgan fingerprint density at radius 2 is 1.69 bits per heavy atom. The topological polar surface area (TPSA) is 129 Å². The van der Waals surface area contributed by atoms with Crippen molar-refractivity contribution in [3.8, 4) is 0 Å². The molecule has 3 aromatic rings. The van der Waals surface area contributed by atoms with E-state index in [-0.39, 0.29) is 30.1 Å². The van der Waals surface area contributed by atoms with E-state index in [1.54, 1.807) is 0 Å². The number of allylic oxidation sites excluding steroid dienone is 1. The smallest absolute Gasteiger partial charge is 0.321 e. The van der Waals surface area contributed by atoms with Crippen LogP contribution in [0.15, 0.2) is 17.8 Å². The minimum Gasteiger partial charge on any atom is -0.469 e. The standard InChI is InChI=1S/C36H40N4O5/c1-9-20-16(3)23-13-25-18(5)22(11-12-29(41)44-7)33(39-25)31-32(36(43)45-8)35(42)30-19(6)26(40-34(30)31)15-28-21(10-2)17(4)24(38-28)14-27(20)37-23/h9,13-15,18,25,32,37-40H,1,10-12H2,2-8H3/b23-13-,26-15-,27-14-/t18-,25?,32+/m0/s1. The van der Waals surface area contributed by atoms with Crippen molar-refractivity contribution in [1.82, 2.24) is 20.3 Å². The highest BCUT2D eigenvalue weighted by atomic mass is 16.5. The number of aromatic nitrogens is 3. The van der Waals surface area contributed by atoms with Gasteiger partial charge >= 0.3 is 11.9 Å². The highest BCUT2D eigenvalue weighted by Crippen LogP contribution is 2.39. The molecule has 2 aliphatic heterocycles. The van der Waals surface area contributed by atoms with Crippen LogP contribution in [-0.4, -0.2) is 52.9 Å². The minimum atomic E-state index is -1.13. The molecule has 45 heavy (non-hydrogen) atoms. The van der Waals surface area contributed by atoms with E-state index in [0.717, 1.165) is 61.7 Å². The highest BCUT2D eigenvalue weighted by molar-refractivity contribution is 6.20. The molecule has 0 aromatic carbocycles. The van der Waals surface area contributed by atoms with Gasteiger partial charge in [0, 0.05) is 62.2 Å². The number of nitrogens with one attached hydrogen (secondary N) is 4. The van der Waals surface area contributed by atoms with E-state index >= 15 is 0 Å². The van der Waals surface area contributed by atoms with Gasteiger partial charge in [0.25, 0.3) is 0 Å². The SMILES string of the molecule is C=Cc1c(C)/c2[nH]/c1=C\c1[nH]c(c(CC)c1C)/C=c1\[nH]c3c(c1C)C(=O)[C@H](C(=O)OC)C=3C1=C(CCC(=O)OC)[C@H](C)C(\C=2)N1. The third-order valence-corrected chi connectivity index (χ3v) is 9.91. The van der Waals surface area contributed by atoms with E-state index in [2.05, 4.69) is 66.7 Å². The fourth-order valence-corrected chi connectivity index (χ4v) is 7.32. The van der Waals surface area contributed by atoms with Crippen LogP contribution < -0.4 is 26.7 Å². The Morgan fingerprint density at radius 3 is 2.36 bits per heavy atom. The molecule has 6 rings (SSSR count). The largest absolute Gasteiger partial charge is 0.469 e. The van der Waals surface area contributed by atoms with Gasteiger partial charge in [0.05, 0.1) is 25.6 Å². The third kappa shape index (κ3) is 4.64. The molecule has 0 fully saturated rings. The fourth-order valence-electron chi connectivity index (χ4n) is 7.32. The molecule has 0 spiro atoms. The molecule has 9 nitrogen and oxygen atoms in total. The maximum absolute atomic E-state index is 14.1. The highest BCUT2D eigenvalue weighted by Gasteiger charge is 2.45. The predicted octanol–water partition coefficient (Wildman–Crippen LogP) is 2.20. The second-order valence-electron chi connectivity index (χ2n) is 12.1. The van der Waals surface area contributed by atoms with Crippen molar-refractivity contribution in [2.45, 2.75) is 59.9 Å². The number of H-pyrrole nitrogens is 3.